The molecule has 3 rings (SSSR count). The van der Waals surface area contributed by atoms with Crippen LogP contribution in [0.5, 0.6) is 11.5 Å². The van der Waals surface area contributed by atoms with E-state index in [2.05, 4.69) is 36.5 Å². The third-order valence-electron chi connectivity index (χ3n) is 4.68. The van der Waals surface area contributed by atoms with Gasteiger partial charge in [-0.15, -0.1) is 0 Å². The highest BCUT2D eigenvalue weighted by Crippen LogP contribution is 2.37. The highest BCUT2D eigenvalue weighted by atomic mass is 35.5. The molecule has 0 fully saturated rings. The SMILES string of the molecule is CCc1ccc(NCc2cc(Cl)c(OCc3ccc([N+](=O)[O-])cc3)c(OC)c2)cc1. The van der Waals surface area contributed by atoms with Crippen molar-refractivity contribution in [3.8, 4) is 11.5 Å². The Hall–Kier alpha value is -3.25. The number of nitro groups is 1. The van der Waals surface area contributed by atoms with Crippen LogP contribution in [-0.2, 0) is 19.6 Å². The molecule has 6 nitrogen and oxygen atoms in total. The summed E-state index contributed by atoms with van der Waals surface area (Å²) in [4.78, 5) is 10.3. The first-order chi connectivity index (χ1) is 14.5. The van der Waals surface area contributed by atoms with Gasteiger partial charge in [0.2, 0.25) is 0 Å². The van der Waals surface area contributed by atoms with Crippen molar-refractivity contribution in [2.24, 2.45) is 0 Å². The van der Waals surface area contributed by atoms with Crippen LogP contribution in [0, 0.1) is 10.1 Å². The second kappa shape index (κ2) is 9.98. The fourth-order valence-corrected chi connectivity index (χ4v) is 3.24. The third-order valence-corrected chi connectivity index (χ3v) is 4.96. The van der Waals surface area contributed by atoms with Gasteiger partial charge in [0.25, 0.3) is 5.69 Å². The van der Waals surface area contributed by atoms with Gasteiger partial charge in [-0.25, -0.2) is 0 Å². The molecule has 30 heavy (non-hydrogen) atoms. The largest absolute Gasteiger partial charge is 0.493 e. The van der Waals surface area contributed by atoms with E-state index in [-0.39, 0.29) is 12.3 Å². The van der Waals surface area contributed by atoms with Crippen LogP contribution in [0.3, 0.4) is 0 Å². The second-order valence-corrected chi connectivity index (χ2v) is 7.13. The number of hydrogen-bond donors (Lipinski definition) is 1. The molecular weight excluding hydrogens is 404 g/mol. The van der Waals surface area contributed by atoms with E-state index in [4.69, 9.17) is 21.1 Å². The summed E-state index contributed by atoms with van der Waals surface area (Å²) >= 11 is 6.45. The van der Waals surface area contributed by atoms with E-state index in [1.54, 1.807) is 19.2 Å². The highest BCUT2D eigenvalue weighted by molar-refractivity contribution is 6.32. The molecule has 156 valence electrons. The Labute approximate surface area is 180 Å². The van der Waals surface area contributed by atoms with Crippen LogP contribution in [0.25, 0.3) is 0 Å². The average molecular weight is 427 g/mol. The van der Waals surface area contributed by atoms with Gasteiger partial charge in [-0.2, -0.15) is 0 Å². The maximum atomic E-state index is 10.8. The summed E-state index contributed by atoms with van der Waals surface area (Å²) in [5.41, 5.74) is 4.11. The summed E-state index contributed by atoms with van der Waals surface area (Å²) in [5.74, 6) is 0.969. The van der Waals surface area contributed by atoms with Crippen LogP contribution < -0.4 is 14.8 Å². The van der Waals surface area contributed by atoms with E-state index in [1.807, 2.05) is 12.1 Å². The minimum atomic E-state index is -0.435. The molecule has 0 atom stereocenters. The molecule has 0 heterocycles. The number of nitro benzene ring substituents is 1. The molecule has 0 aliphatic carbocycles. The number of non-ortho nitro benzene ring substituents is 1. The van der Waals surface area contributed by atoms with Crippen molar-refractivity contribution in [2.45, 2.75) is 26.5 Å². The van der Waals surface area contributed by atoms with Gasteiger partial charge in [0.1, 0.15) is 6.61 Å². The maximum absolute atomic E-state index is 10.8. The van der Waals surface area contributed by atoms with Gasteiger partial charge in [-0.05, 0) is 59.5 Å². The molecule has 3 aromatic rings. The van der Waals surface area contributed by atoms with Crippen LogP contribution in [0.1, 0.15) is 23.6 Å². The molecule has 1 N–H and O–H groups in total. The summed E-state index contributed by atoms with van der Waals surface area (Å²) < 4.78 is 11.3. The second-order valence-electron chi connectivity index (χ2n) is 6.73. The number of benzene rings is 3. The van der Waals surface area contributed by atoms with Crippen molar-refractivity contribution in [3.63, 3.8) is 0 Å². The van der Waals surface area contributed by atoms with Crippen molar-refractivity contribution in [2.75, 3.05) is 12.4 Å². The van der Waals surface area contributed by atoms with Crippen molar-refractivity contribution in [3.05, 3.63) is 92.5 Å². The molecule has 3 aromatic carbocycles. The quantitative estimate of drug-likeness (QED) is 0.335. The normalized spacial score (nSPS) is 10.5. The predicted molar refractivity (Wildman–Crippen MR) is 119 cm³/mol. The van der Waals surface area contributed by atoms with Crippen molar-refractivity contribution in [1.82, 2.24) is 0 Å². The van der Waals surface area contributed by atoms with Crippen LogP contribution in [0.2, 0.25) is 5.02 Å². The zero-order valence-corrected chi connectivity index (χ0v) is 17.6. The van der Waals surface area contributed by atoms with E-state index in [0.717, 1.165) is 23.2 Å². The average Bonchev–Trinajstić information content (AvgIpc) is 2.77. The van der Waals surface area contributed by atoms with E-state index in [1.165, 1.54) is 17.7 Å². The lowest BCUT2D eigenvalue weighted by Crippen LogP contribution is -2.03. The number of halogens is 1. The lowest BCUT2D eigenvalue weighted by Gasteiger charge is -2.15. The first kappa shape index (κ1) is 21.5. The Kier molecular flexibility index (Phi) is 7.14. The standard InChI is InChI=1S/C23H23ClN2O4/c1-3-16-4-8-19(9-5-16)25-14-18-12-21(24)23(22(13-18)29-2)30-15-17-6-10-20(11-7-17)26(27)28/h4-13,25H,3,14-15H2,1-2H3. The van der Waals surface area contributed by atoms with Crippen molar-refractivity contribution < 1.29 is 14.4 Å². The topological polar surface area (TPSA) is 73.6 Å². The summed E-state index contributed by atoms with van der Waals surface area (Å²) in [6.45, 7) is 2.93. The van der Waals surface area contributed by atoms with E-state index in [0.29, 0.717) is 23.1 Å². The number of ether oxygens (including phenoxy) is 2. The van der Waals surface area contributed by atoms with Crippen molar-refractivity contribution >= 4 is 23.0 Å². The number of nitrogens with zero attached hydrogens (tertiary/aromatic N) is 1. The summed E-state index contributed by atoms with van der Waals surface area (Å²) in [6.07, 6.45) is 1.01. The Bertz CT molecular complexity index is 1000. The number of aryl methyl sites for hydroxylation is 1. The molecule has 0 aliphatic heterocycles. The monoisotopic (exact) mass is 426 g/mol. The fourth-order valence-electron chi connectivity index (χ4n) is 2.95. The number of hydrogen-bond acceptors (Lipinski definition) is 5. The predicted octanol–water partition coefficient (Wildman–Crippen LogP) is 6.01. The van der Waals surface area contributed by atoms with Crippen molar-refractivity contribution in [1.29, 1.82) is 0 Å². The molecule has 0 bridgehead atoms. The van der Waals surface area contributed by atoms with Crippen LogP contribution in [-0.4, -0.2) is 12.0 Å². The first-order valence-electron chi connectivity index (χ1n) is 9.55. The smallest absolute Gasteiger partial charge is 0.269 e. The Morgan fingerprint density at radius 3 is 2.27 bits per heavy atom. The minimum Gasteiger partial charge on any atom is -0.493 e. The molecule has 7 heteroatoms. The highest BCUT2D eigenvalue weighted by Gasteiger charge is 2.13. The molecule has 0 amide bonds. The lowest BCUT2D eigenvalue weighted by molar-refractivity contribution is -0.384. The summed E-state index contributed by atoms with van der Waals surface area (Å²) in [6, 6.07) is 18.2. The number of anilines is 1. The lowest BCUT2D eigenvalue weighted by atomic mass is 10.1. The molecule has 0 saturated carbocycles. The Balaban J connectivity index is 1.67. The number of nitrogens with one attached hydrogen (secondary N) is 1. The van der Waals surface area contributed by atoms with Gasteiger partial charge in [0.15, 0.2) is 11.5 Å². The van der Waals surface area contributed by atoms with Gasteiger partial charge in [-0.1, -0.05) is 30.7 Å². The molecule has 0 spiro atoms. The summed E-state index contributed by atoms with van der Waals surface area (Å²) in [7, 11) is 1.56. The molecular formula is C23H23ClN2O4. The summed E-state index contributed by atoms with van der Waals surface area (Å²) in [5, 5.41) is 14.6. The van der Waals surface area contributed by atoms with Gasteiger partial charge < -0.3 is 14.8 Å². The van der Waals surface area contributed by atoms with Gasteiger partial charge in [-0.3, -0.25) is 10.1 Å². The van der Waals surface area contributed by atoms with E-state index >= 15 is 0 Å². The zero-order chi connectivity index (χ0) is 21.5. The van der Waals surface area contributed by atoms with Gasteiger partial charge in [0.05, 0.1) is 17.1 Å². The minimum absolute atomic E-state index is 0.0375. The van der Waals surface area contributed by atoms with Gasteiger partial charge in [0, 0.05) is 24.4 Å². The van der Waals surface area contributed by atoms with E-state index < -0.39 is 4.92 Å². The Morgan fingerprint density at radius 2 is 1.67 bits per heavy atom. The molecule has 0 radical (unpaired) electrons. The molecule has 0 saturated heterocycles. The third kappa shape index (κ3) is 5.42. The maximum Gasteiger partial charge on any atom is 0.269 e. The fraction of sp³-hybridized carbons (Fsp3) is 0.217. The van der Waals surface area contributed by atoms with Crippen LogP contribution >= 0.6 is 11.6 Å². The molecule has 0 aromatic heterocycles. The molecule has 0 unspecified atom stereocenters. The number of methoxy groups -OCH3 is 1. The number of rotatable bonds is 9. The van der Waals surface area contributed by atoms with Gasteiger partial charge >= 0.3 is 0 Å². The van der Waals surface area contributed by atoms with Crippen LogP contribution in [0.4, 0.5) is 11.4 Å². The zero-order valence-electron chi connectivity index (χ0n) is 16.9. The first-order valence-corrected chi connectivity index (χ1v) is 9.93. The Morgan fingerprint density at radius 1 is 1.00 bits per heavy atom. The molecule has 0 aliphatic rings. The van der Waals surface area contributed by atoms with Crippen LogP contribution in [0.15, 0.2) is 60.7 Å². The van der Waals surface area contributed by atoms with E-state index in [9.17, 15) is 10.1 Å².